The van der Waals surface area contributed by atoms with Crippen LogP contribution in [0.3, 0.4) is 0 Å². The van der Waals surface area contributed by atoms with Gasteiger partial charge in [0, 0.05) is 13.5 Å². The maximum atomic E-state index is 12.3. The third kappa shape index (κ3) is 9.84. The first-order valence-corrected chi connectivity index (χ1v) is 7.90. The van der Waals surface area contributed by atoms with Gasteiger partial charge in [-0.05, 0) is 26.7 Å². The number of nitrogens with one attached hydrogen (secondary N) is 4. The van der Waals surface area contributed by atoms with Gasteiger partial charge in [-0.15, -0.1) is 0 Å². The van der Waals surface area contributed by atoms with Gasteiger partial charge in [0.15, 0.2) is 0 Å². The van der Waals surface area contributed by atoms with Crippen molar-refractivity contribution >= 4 is 23.6 Å². The summed E-state index contributed by atoms with van der Waals surface area (Å²) in [5.41, 5.74) is 10.5. The van der Waals surface area contributed by atoms with Crippen molar-refractivity contribution in [2.75, 3.05) is 6.54 Å². The van der Waals surface area contributed by atoms with Crippen molar-refractivity contribution in [3.05, 3.63) is 12.4 Å². The molecule has 25 heavy (non-hydrogen) atoms. The van der Waals surface area contributed by atoms with Crippen LogP contribution in [0.4, 0.5) is 0 Å². The van der Waals surface area contributed by atoms with Gasteiger partial charge >= 0.3 is 0 Å². The standard InChI is InChI=1S/C15H28N6O4/c1-8(13(17)23)20-15(25)12(6-5-7-18-10(3)16)21-14(24)9(2)19-11(4)22/h8-9,12,18H,3,5-7,16H2,1-2,4H3,(H2,17,23)(H,19,22)(H,20,25)(H,21,24)/t8-,9-,12-/m0/s1. The van der Waals surface area contributed by atoms with Crippen molar-refractivity contribution < 1.29 is 19.2 Å². The van der Waals surface area contributed by atoms with Crippen LogP contribution in [0.15, 0.2) is 12.4 Å². The Labute approximate surface area is 147 Å². The van der Waals surface area contributed by atoms with Crippen LogP contribution in [0.1, 0.15) is 33.6 Å². The van der Waals surface area contributed by atoms with Crippen molar-refractivity contribution in [1.82, 2.24) is 21.3 Å². The summed E-state index contributed by atoms with van der Waals surface area (Å²) in [7, 11) is 0. The fraction of sp³-hybridized carbons (Fsp3) is 0.600. The van der Waals surface area contributed by atoms with E-state index in [2.05, 4.69) is 27.8 Å². The molecule has 0 saturated carbocycles. The normalized spacial score (nSPS) is 13.7. The highest BCUT2D eigenvalue weighted by atomic mass is 16.2. The Bertz CT molecular complexity index is 522. The second-order valence-corrected chi connectivity index (χ2v) is 5.71. The lowest BCUT2D eigenvalue weighted by molar-refractivity contribution is -0.132. The van der Waals surface area contributed by atoms with Crippen molar-refractivity contribution in [3.63, 3.8) is 0 Å². The van der Waals surface area contributed by atoms with E-state index >= 15 is 0 Å². The van der Waals surface area contributed by atoms with E-state index in [0.717, 1.165) is 0 Å². The Morgan fingerprint density at radius 2 is 1.56 bits per heavy atom. The molecule has 4 amide bonds. The van der Waals surface area contributed by atoms with Crippen LogP contribution in [0, 0.1) is 0 Å². The van der Waals surface area contributed by atoms with E-state index in [1.54, 1.807) is 0 Å². The molecule has 0 spiro atoms. The summed E-state index contributed by atoms with van der Waals surface area (Å²) in [4.78, 5) is 46.5. The first kappa shape index (κ1) is 22.2. The monoisotopic (exact) mass is 356 g/mol. The molecule has 0 aromatic rings. The maximum absolute atomic E-state index is 12.3. The van der Waals surface area contributed by atoms with Gasteiger partial charge in [-0.3, -0.25) is 19.2 Å². The largest absolute Gasteiger partial charge is 0.386 e. The van der Waals surface area contributed by atoms with E-state index in [-0.39, 0.29) is 12.3 Å². The van der Waals surface area contributed by atoms with Crippen LogP contribution in [-0.4, -0.2) is 48.3 Å². The molecule has 10 heteroatoms. The molecular formula is C15H28N6O4. The molecule has 0 saturated heterocycles. The van der Waals surface area contributed by atoms with E-state index in [4.69, 9.17) is 11.5 Å². The lowest BCUT2D eigenvalue weighted by atomic mass is 10.1. The van der Waals surface area contributed by atoms with Crippen LogP contribution >= 0.6 is 0 Å². The van der Waals surface area contributed by atoms with E-state index in [1.807, 2.05) is 0 Å². The molecule has 0 aliphatic rings. The first-order chi connectivity index (χ1) is 11.5. The predicted octanol–water partition coefficient (Wildman–Crippen LogP) is -2.21. The third-order valence-corrected chi connectivity index (χ3v) is 3.25. The van der Waals surface area contributed by atoms with Crippen molar-refractivity contribution in [1.29, 1.82) is 0 Å². The fourth-order valence-corrected chi connectivity index (χ4v) is 1.88. The number of amides is 4. The Balaban J connectivity index is 4.83. The van der Waals surface area contributed by atoms with Crippen LogP contribution < -0.4 is 32.7 Å². The van der Waals surface area contributed by atoms with E-state index < -0.39 is 35.8 Å². The zero-order valence-corrected chi connectivity index (χ0v) is 14.8. The van der Waals surface area contributed by atoms with Crippen LogP contribution in [0.5, 0.6) is 0 Å². The average molecular weight is 356 g/mol. The number of hydrogen-bond acceptors (Lipinski definition) is 6. The summed E-state index contributed by atoms with van der Waals surface area (Å²) in [6.07, 6.45) is 0.796. The van der Waals surface area contributed by atoms with E-state index in [9.17, 15) is 19.2 Å². The number of carbonyl (C=O) groups excluding carboxylic acids is 4. The second kappa shape index (κ2) is 10.9. The summed E-state index contributed by atoms with van der Waals surface area (Å²) in [5.74, 6) is -1.81. The minimum Gasteiger partial charge on any atom is -0.386 e. The van der Waals surface area contributed by atoms with Gasteiger partial charge in [0.05, 0.1) is 5.82 Å². The highest BCUT2D eigenvalue weighted by Crippen LogP contribution is 2.00. The average Bonchev–Trinajstić information content (AvgIpc) is 2.48. The van der Waals surface area contributed by atoms with Gasteiger partial charge in [-0.1, -0.05) is 6.58 Å². The highest BCUT2D eigenvalue weighted by Gasteiger charge is 2.25. The van der Waals surface area contributed by atoms with Gasteiger partial charge in [0.25, 0.3) is 0 Å². The molecule has 0 aliphatic carbocycles. The smallest absolute Gasteiger partial charge is 0.243 e. The Kier molecular flexibility index (Phi) is 9.68. The maximum Gasteiger partial charge on any atom is 0.243 e. The number of nitrogens with two attached hydrogens (primary N) is 2. The summed E-state index contributed by atoms with van der Waals surface area (Å²) in [5, 5.41) is 10.2. The van der Waals surface area contributed by atoms with Crippen molar-refractivity contribution in [3.8, 4) is 0 Å². The molecule has 0 unspecified atom stereocenters. The van der Waals surface area contributed by atoms with Crippen LogP contribution in [-0.2, 0) is 19.2 Å². The van der Waals surface area contributed by atoms with Gasteiger partial charge < -0.3 is 32.7 Å². The number of rotatable bonds is 11. The molecule has 0 aromatic heterocycles. The summed E-state index contributed by atoms with van der Waals surface area (Å²) < 4.78 is 0. The number of hydrogen-bond donors (Lipinski definition) is 6. The number of primary amides is 1. The zero-order valence-electron chi connectivity index (χ0n) is 14.8. The van der Waals surface area contributed by atoms with Crippen molar-refractivity contribution in [2.24, 2.45) is 11.5 Å². The molecule has 0 bridgehead atoms. The lowest BCUT2D eigenvalue weighted by Crippen LogP contribution is -2.55. The molecule has 142 valence electrons. The van der Waals surface area contributed by atoms with Gasteiger partial charge in [0.1, 0.15) is 18.1 Å². The van der Waals surface area contributed by atoms with Gasteiger partial charge in [0.2, 0.25) is 23.6 Å². The summed E-state index contributed by atoms with van der Waals surface area (Å²) in [6.45, 7) is 8.18. The Hall–Kier alpha value is -2.78. The molecule has 10 nitrogen and oxygen atoms in total. The third-order valence-electron chi connectivity index (χ3n) is 3.25. The lowest BCUT2D eigenvalue weighted by Gasteiger charge is -2.22. The second-order valence-electron chi connectivity index (χ2n) is 5.71. The van der Waals surface area contributed by atoms with E-state index in [0.29, 0.717) is 18.8 Å². The topological polar surface area (TPSA) is 168 Å². The van der Waals surface area contributed by atoms with E-state index in [1.165, 1.54) is 20.8 Å². The molecule has 0 fully saturated rings. The SMILES string of the molecule is C=C(N)NCCC[C@H](NC(=O)[C@H](C)NC(C)=O)C(=O)N[C@@H](C)C(N)=O. The minimum atomic E-state index is -0.890. The van der Waals surface area contributed by atoms with Crippen LogP contribution in [0.25, 0.3) is 0 Å². The molecule has 0 radical (unpaired) electrons. The summed E-state index contributed by atoms with van der Waals surface area (Å²) in [6, 6.07) is -2.57. The molecule has 0 rings (SSSR count). The minimum absolute atomic E-state index is 0.288. The highest BCUT2D eigenvalue weighted by molar-refractivity contribution is 5.93. The molecule has 8 N–H and O–H groups in total. The molecule has 3 atom stereocenters. The fourth-order valence-electron chi connectivity index (χ4n) is 1.88. The molecule has 0 heterocycles. The van der Waals surface area contributed by atoms with Gasteiger partial charge in [-0.25, -0.2) is 0 Å². The quantitative estimate of drug-likeness (QED) is 0.229. The molecule has 0 aromatic carbocycles. The predicted molar refractivity (Wildman–Crippen MR) is 92.6 cm³/mol. The Morgan fingerprint density at radius 1 is 0.960 bits per heavy atom. The Morgan fingerprint density at radius 3 is 2.04 bits per heavy atom. The zero-order chi connectivity index (χ0) is 19.6. The molecule has 0 aliphatic heterocycles. The first-order valence-electron chi connectivity index (χ1n) is 7.90. The summed E-state index contributed by atoms with van der Waals surface area (Å²) >= 11 is 0. The van der Waals surface area contributed by atoms with Crippen LogP contribution in [0.2, 0.25) is 0 Å². The molecular weight excluding hydrogens is 328 g/mol. The van der Waals surface area contributed by atoms with Gasteiger partial charge in [-0.2, -0.15) is 0 Å². The number of carbonyl (C=O) groups is 4. The van der Waals surface area contributed by atoms with Crippen molar-refractivity contribution in [2.45, 2.75) is 51.7 Å².